The standard InChI is InChI=1S/C24H24N4O/c1-17-6-8-18(9-7-17)14-27-23-11-10-20(16-28-23)24(29)25-13-12-19-15-26-22-5-3-2-4-21(19)22/h2-11,15-16,26H,12-14H2,1H3,(H,25,29)(H,27,28). The summed E-state index contributed by atoms with van der Waals surface area (Å²) in [4.78, 5) is 20.0. The van der Waals surface area contributed by atoms with Crippen molar-refractivity contribution in [3.63, 3.8) is 0 Å². The van der Waals surface area contributed by atoms with Crippen LogP contribution in [-0.2, 0) is 13.0 Å². The molecule has 3 N–H and O–H groups in total. The number of carbonyl (C=O) groups excluding carboxylic acids is 1. The maximum atomic E-state index is 12.4. The molecule has 29 heavy (non-hydrogen) atoms. The number of nitrogens with one attached hydrogen (secondary N) is 3. The second kappa shape index (κ2) is 8.61. The van der Waals surface area contributed by atoms with Crippen molar-refractivity contribution in [3.05, 3.63) is 95.3 Å². The fourth-order valence-electron chi connectivity index (χ4n) is 3.28. The van der Waals surface area contributed by atoms with Gasteiger partial charge in [0.15, 0.2) is 0 Å². The predicted molar refractivity (Wildman–Crippen MR) is 117 cm³/mol. The first-order valence-corrected chi connectivity index (χ1v) is 9.78. The predicted octanol–water partition coefficient (Wildman–Crippen LogP) is 4.46. The topological polar surface area (TPSA) is 69.8 Å². The van der Waals surface area contributed by atoms with Crippen molar-refractivity contribution in [1.29, 1.82) is 0 Å². The molecule has 5 heteroatoms. The minimum absolute atomic E-state index is 0.109. The summed E-state index contributed by atoms with van der Waals surface area (Å²) in [7, 11) is 0. The van der Waals surface area contributed by atoms with Gasteiger partial charge in [0, 0.05) is 36.4 Å². The quantitative estimate of drug-likeness (QED) is 0.441. The van der Waals surface area contributed by atoms with Gasteiger partial charge in [-0.25, -0.2) is 4.98 Å². The lowest BCUT2D eigenvalue weighted by atomic mass is 10.1. The van der Waals surface area contributed by atoms with E-state index in [0.29, 0.717) is 18.7 Å². The molecule has 0 aliphatic carbocycles. The van der Waals surface area contributed by atoms with Crippen molar-refractivity contribution in [1.82, 2.24) is 15.3 Å². The molecule has 0 spiro atoms. The molecular weight excluding hydrogens is 360 g/mol. The molecular formula is C24H24N4O. The Morgan fingerprint density at radius 1 is 1.03 bits per heavy atom. The number of carbonyl (C=O) groups is 1. The van der Waals surface area contributed by atoms with Gasteiger partial charge >= 0.3 is 0 Å². The van der Waals surface area contributed by atoms with E-state index in [1.807, 2.05) is 24.4 Å². The van der Waals surface area contributed by atoms with Gasteiger partial charge in [0.05, 0.1) is 5.56 Å². The number of aromatic nitrogens is 2. The number of benzene rings is 2. The number of para-hydroxylation sites is 1. The molecule has 2 aromatic heterocycles. The lowest BCUT2D eigenvalue weighted by Crippen LogP contribution is -2.25. The van der Waals surface area contributed by atoms with E-state index in [4.69, 9.17) is 0 Å². The van der Waals surface area contributed by atoms with Crippen molar-refractivity contribution in [2.75, 3.05) is 11.9 Å². The number of anilines is 1. The molecule has 0 saturated heterocycles. The van der Waals surface area contributed by atoms with Crippen LogP contribution in [0.15, 0.2) is 73.1 Å². The van der Waals surface area contributed by atoms with Gasteiger partial charge in [-0.15, -0.1) is 0 Å². The van der Waals surface area contributed by atoms with Crippen LogP contribution in [0.2, 0.25) is 0 Å². The lowest BCUT2D eigenvalue weighted by Gasteiger charge is -2.08. The zero-order chi connectivity index (χ0) is 20.1. The van der Waals surface area contributed by atoms with Crippen LogP contribution in [0.1, 0.15) is 27.0 Å². The Bertz CT molecular complexity index is 1100. The van der Waals surface area contributed by atoms with Crippen LogP contribution in [0.3, 0.4) is 0 Å². The van der Waals surface area contributed by atoms with Crippen molar-refractivity contribution >= 4 is 22.6 Å². The van der Waals surface area contributed by atoms with Crippen LogP contribution < -0.4 is 10.6 Å². The molecule has 0 bridgehead atoms. The summed E-state index contributed by atoms with van der Waals surface area (Å²) in [6.07, 6.45) is 4.39. The van der Waals surface area contributed by atoms with Gasteiger partial charge in [0.1, 0.15) is 5.82 Å². The second-order valence-corrected chi connectivity index (χ2v) is 7.14. The molecule has 2 aromatic carbocycles. The van der Waals surface area contributed by atoms with E-state index in [1.165, 1.54) is 22.1 Å². The van der Waals surface area contributed by atoms with E-state index in [-0.39, 0.29) is 5.91 Å². The van der Waals surface area contributed by atoms with Gasteiger partial charge in [-0.05, 0) is 42.7 Å². The Morgan fingerprint density at radius 2 is 1.86 bits per heavy atom. The number of aromatic amines is 1. The van der Waals surface area contributed by atoms with Crippen LogP contribution in [-0.4, -0.2) is 22.4 Å². The molecule has 0 aliphatic rings. The Labute approximate surface area is 170 Å². The summed E-state index contributed by atoms with van der Waals surface area (Å²) in [6, 6.07) is 20.2. The monoisotopic (exact) mass is 384 g/mol. The molecule has 1 amide bonds. The van der Waals surface area contributed by atoms with Gasteiger partial charge in [0.2, 0.25) is 0 Å². The van der Waals surface area contributed by atoms with Crippen LogP contribution in [0.25, 0.3) is 10.9 Å². The second-order valence-electron chi connectivity index (χ2n) is 7.14. The largest absolute Gasteiger partial charge is 0.366 e. The number of hydrogen-bond donors (Lipinski definition) is 3. The Kier molecular flexibility index (Phi) is 5.56. The fourth-order valence-corrected chi connectivity index (χ4v) is 3.28. The van der Waals surface area contributed by atoms with Gasteiger partial charge in [0.25, 0.3) is 5.91 Å². The smallest absolute Gasteiger partial charge is 0.252 e. The van der Waals surface area contributed by atoms with Gasteiger partial charge in [-0.3, -0.25) is 4.79 Å². The highest BCUT2D eigenvalue weighted by molar-refractivity contribution is 5.94. The maximum absolute atomic E-state index is 12.4. The molecule has 0 unspecified atom stereocenters. The highest BCUT2D eigenvalue weighted by Crippen LogP contribution is 2.17. The molecule has 0 saturated carbocycles. The number of fused-ring (bicyclic) bond motifs is 1. The highest BCUT2D eigenvalue weighted by Gasteiger charge is 2.07. The number of rotatable bonds is 7. The third-order valence-electron chi connectivity index (χ3n) is 4.97. The molecule has 2 heterocycles. The normalized spacial score (nSPS) is 10.8. The minimum Gasteiger partial charge on any atom is -0.366 e. The number of H-pyrrole nitrogens is 1. The van der Waals surface area contributed by atoms with Crippen LogP contribution in [0, 0.1) is 6.92 Å². The third kappa shape index (κ3) is 4.63. The number of aryl methyl sites for hydroxylation is 1. The first-order chi connectivity index (χ1) is 14.2. The number of hydrogen-bond acceptors (Lipinski definition) is 3. The van der Waals surface area contributed by atoms with E-state index in [0.717, 1.165) is 17.8 Å². The summed E-state index contributed by atoms with van der Waals surface area (Å²) in [5.74, 6) is 0.642. The zero-order valence-corrected chi connectivity index (χ0v) is 16.4. The first-order valence-electron chi connectivity index (χ1n) is 9.78. The SMILES string of the molecule is Cc1ccc(CNc2ccc(C(=O)NCCc3c[nH]c4ccccc34)cn2)cc1. The maximum Gasteiger partial charge on any atom is 0.252 e. The van der Waals surface area contributed by atoms with Crippen LogP contribution >= 0.6 is 0 Å². The van der Waals surface area contributed by atoms with Crippen molar-refractivity contribution < 1.29 is 4.79 Å². The summed E-state index contributed by atoms with van der Waals surface area (Å²) >= 11 is 0. The molecule has 4 aromatic rings. The summed E-state index contributed by atoms with van der Waals surface area (Å²) in [5.41, 5.74) is 5.31. The van der Waals surface area contributed by atoms with E-state index in [9.17, 15) is 4.79 Å². The molecule has 146 valence electrons. The average Bonchev–Trinajstić information content (AvgIpc) is 3.17. The molecule has 5 nitrogen and oxygen atoms in total. The van der Waals surface area contributed by atoms with Crippen LogP contribution in [0.5, 0.6) is 0 Å². The number of amides is 1. The Hall–Kier alpha value is -3.60. The Morgan fingerprint density at radius 3 is 2.66 bits per heavy atom. The first kappa shape index (κ1) is 18.7. The van der Waals surface area contributed by atoms with Gasteiger partial charge < -0.3 is 15.6 Å². The zero-order valence-electron chi connectivity index (χ0n) is 16.4. The summed E-state index contributed by atoms with van der Waals surface area (Å²) in [5, 5.41) is 7.45. The van der Waals surface area contributed by atoms with E-state index in [2.05, 4.69) is 63.9 Å². The van der Waals surface area contributed by atoms with E-state index in [1.54, 1.807) is 12.3 Å². The molecule has 0 atom stereocenters. The highest BCUT2D eigenvalue weighted by atomic mass is 16.1. The van der Waals surface area contributed by atoms with Gasteiger partial charge in [-0.2, -0.15) is 0 Å². The van der Waals surface area contributed by atoms with Crippen molar-refractivity contribution in [2.24, 2.45) is 0 Å². The molecule has 0 radical (unpaired) electrons. The average molecular weight is 384 g/mol. The summed E-state index contributed by atoms with van der Waals surface area (Å²) < 4.78 is 0. The van der Waals surface area contributed by atoms with Gasteiger partial charge in [-0.1, -0.05) is 48.0 Å². The van der Waals surface area contributed by atoms with Crippen LogP contribution in [0.4, 0.5) is 5.82 Å². The molecule has 0 fully saturated rings. The number of pyridine rings is 1. The minimum atomic E-state index is -0.109. The van der Waals surface area contributed by atoms with Crippen molar-refractivity contribution in [3.8, 4) is 0 Å². The number of nitrogens with zero attached hydrogens (tertiary/aromatic N) is 1. The lowest BCUT2D eigenvalue weighted by molar-refractivity contribution is 0.0954. The fraction of sp³-hybridized carbons (Fsp3) is 0.167. The molecule has 4 rings (SSSR count). The third-order valence-corrected chi connectivity index (χ3v) is 4.97. The Balaban J connectivity index is 1.28. The van der Waals surface area contributed by atoms with Crippen molar-refractivity contribution in [2.45, 2.75) is 19.9 Å². The molecule has 0 aliphatic heterocycles. The van der Waals surface area contributed by atoms with E-state index >= 15 is 0 Å². The van der Waals surface area contributed by atoms with E-state index < -0.39 is 0 Å². The summed E-state index contributed by atoms with van der Waals surface area (Å²) in [6.45, 7) is 3.35.